The summed E-state index contributed by atoms with van der Waals surface area (Å²) in [5.74, 6) is 2.80. The number of methoxy groups -OCH3 is 2. The van der Waals surface area contributed by atoms with E-state index in [1.807, 2.05) is 24.3 Å². The van der Waals surface area contributed by atoms with Gasteiger partial charge < -0.3 is 19.9 Å². The average Bonchev–Trinajstić information content (AvgIpc) is 3.34. The van der Waals surface area contributed by atoms with Crippen LogP contribution in [0.3, 0.4) is 0 Å². The predicted molar refractivity (Wildman–Crippen MR) is 106 cm³/mol. The summed E-state index contributed by atoms with van der Waals surface area (Å²) in [5.41, 5.74) is 3.72. The molecule has 2 bridgehead atoms. The van der Waals surface area contributed by atoms with Gasteiger partial charge in [0.15, 0.2) is 11.5 Å². The van der Waals surface area contributed by atoms with Crippen LogP contribution in [0.1, 0.15) is 52.7 Å². The fourth-order valence-corrected chi connectivity index (χ4v) is 6.09. The van der Waals surface area contributed by atoms with Gasteiger partial charge >= 0.3 is 5.97 Å². The minimum atomic E-state index is -0.862. The number of para-hydroxylation sites is 1. The molecule has 2 aromatic rings. The molecule has 0 saturated heterocycles. The van der Waals surface area contributed by atoms with Gasteiger partial charge in [-0.05, 0) is 72.8 Å². The molecule has 0 amide bonds. The van der Waals surface area contributed by atoms with Crippen LogP contribution in [-0.4, -0.2) is 25.3 Å². The first-order chi connectivity index (χ1) is 13.6. The van der Waals surface area contributed by atoms with Crippen molar-refractivity contribution < 1.29 is 19.4 Å². The van der Waals surface area contributed by atoms with E-state index in [2.05, 4.69) is 11.4 Å². The molecule has 0 unspecified atom stereocenters. The van der Waals surface area contributed by atoms with Gasteiger partial charge in [-0.3, -0.25) is 0 Å². The third-order valence-electron chi connectivity index (χ3n) is 7.10. The van der Waals surface area contributed by atoms with Crippen molar-refractivity contribution in [2.24, 2.45) is 17.8 Å². The Labute approximate surface area is 164 Å². The van der Waals surface area contributed by atoms with Gasteiger partial charge in [0.2, 0.25) is 0 Å². The molecule has 2 saturated carbocycles. The number of fused-ring (bicyclic) bond motifs is 7. The molecule has 1 aliphatic heterocycles. The van der Waals surface area contributed by atoms with E-state index in [-0.39, 0.29) is 6.04 Å². The minimum absolute atomic E-state index is 0.133. The van der Waals surface area contributed by atoms with Gasteiger partial charge in [-0.15, -0.1) is 0 Å². The fourth-order valence-electron chi connectivity index (χ4n) is 6.09. The average molecular weight is 379 g/mol. The normalized spacial score (nSPS) is 29.6. The van der Waals surface area contributed by atoms with Gasteiger partial charge in [-0.2, -0.15) is 0 Å². The van der Waals surface area contributed by atoms with E-state index in [4.69, 9.17) is 9.47 Å². The number of hydrogen-bond acceptors (Lipinski definition) is 4. The molecule has 2 aliphatic carbocycles. The SMILES string of the molecule is COc1cccc([C@@H]2Nc3ccc(C(=O)O)cc3[C@H]3[C@H]4CC[C@H](C4)[C@H]32)c1OC. The van der Waals surface area contributed by atoms with Gasteiger partial charge in [0.05, 0.1) is 25.8 Å². The van der Waals surface area contributed by atoms with Crippen molar-refractivity contribution in [3.05, 3.63) is 53.1 Å². The summed E-state index contributed by atoms with van der Waals surface area (Å²) < 4.78 is 11.3. The fraction of sp³-hybridized carbons (Fsp3) is 0.435. The smallest absolute Gasteiger partial charge is 0.335 e. The van der Waals surface area contributed by atoms with Crippen LogP contribution in [0.5, 0.6) is 11.5 Å². The van der Waals surface area contributed by atoms with Crippen molar-refractivity contribution in [3.63, 3.8) is 0 Å². The molecule has 2 N–H and O–H groups in total. The lowest BCUT2D eigenvalue weighted by Gasteiger charge is -2.44. The summed E-state index contributed by atoms with van der Waals surface area (Å²) in [6.45, 7) is 0. The molecule has 5 heteroatoms. The topological polar surface area (TPSA) is 67.8 Å². The molecule has 3 aliphatic rings. The molecular formula is C23H25NO4. The molecule has 2 fully saturated rings. The molecule has 1 heterocycles. The van der Waals surface area contributed by atoms with E-state index in [1.54, 1.807) is 20.3 Å². The molecule has 0 radical (unpaired) electrons. The number of hydrogen-bond donors (Lipinski definition) is 2. The molecule has 0 aromatic heterocycles. The van der Waals surface area contributed by atoms with Crippen molar-refractivity contribution in [1.82, 2.24) is 0 Å². The Bertz CT molecular complexity index is 940. The van der Waals surface area contributed by atoms with Crippen molar-refractivity contribution in [1.29, 1.82) is 0 Å². The highest BCUT2D eigenvalue weighted by Crippen LogP contribution is 2.64. The lowest BCUT2D eigenvalue weighted by molar-refractivity contribution is 0.0696. The van der Waals surface area contributed by atoms with Crippen LogP contribution in [0.15, 0.2) is 36.4 Å². The van der Waals surface area contributed by atoms with E-state index < -0.39 is 5.97 Å². The maximum atomic E-state index is 11.5. The highest BCUT2D eigenvalue weighted by atomic mass is 16.5. The molecule has 28 heavy (non-hydrogen) atoms. The van der Waals surface area contributed by atoms with E-state index >= 15 is 0 Å². The highest BCUT2D eigenvalue weighted by molar-refractivity contribution is 5.89. The van der Waals surface area contributed by atoms with E-state index in [1.165, 1.54) is 24.8 Å². The molecule has 5 rings (SSSR count). The van der Waals surface area contributed by atoms with Crippen LogP contribution in [0.4, 0.5) is 5.69 Å². The monoisotopic (exact) mass is 379 g/mol. The molecule has 2 aromatic carbocycles. The number of ether oxygens (including phenoxy) is 2. The highest BCUT2D eigenvalue weighted by Gasteiger charge is 2.54. The van der Waals surface area contributed by atoms with E-state index in [0.29, 0.717) is 29.2 Å². The third kappa shape index (κ3) is 2.42. The zero-order chi connectivity index (χ0) is 19.4. The summed E-state index contributed by atoms with van der Waals surface area (Å²) >= 11 is 0. The number of anilines is 1. The summed E-state index contributed by atoms with van der Waals surface area (Å²) in [6, 6.07) is 11.7. The maximum Gasteiger partial charge on any atom is 0.335 e. The van der Waals surface area contributed by atoms with E-state index in [9.17, 15) is 9.90 Å². The number of carboxylic acids is 1. The van der Waals surface area contributed by atoms with Gasteiger partial charge in [0, 0.05) is 11.3 Å². The van der Waals surface area contributed by atoms with Gasteiger partial charge in [0.1, 0.15) is 0 Å². The van der Waals surface area contributed by atoms with Crippen LogP contribution in [0, 0.1) is 17.8 Å². The quantitative estimate of drug-likeness (QED) is 0.806. The lowest BCUT2D eigenvalue weighted by Crippen LogP contribution is -2.35. The summed E-state index contributed by atoms with van der Waals surface area (Å²) in [6.07, 6.45) is 3.73. The first kappa shape index (κ1) is 17.4. The molecular weight excluding hydrogens is 354 g/mol. The van der Waals surface area contributed by atoms with Crippen LogP contribution in [0.25, 0.3) is 0 Å². The summed E-state index contributed by atoms with van der Waals surface area (Å²) in [5, 5.41) is 13.2. The van der Waals surface area contributed by atoms with Crippen molar-refractivity contribution in [3.8, 4) is 11.5 Å². The molecule has 5 nitrogen and oxygen atoms in total. The molecule has 5 atom stereocenters. The number of nitrogens with one attached hydrogen (secondary N) is 1. The Morgan fingerprint density at radius 2 is 1.89 bits per heavy atom. The number of carboxylic acid groups (broad SMARTS) is 1. The van der Waals surface area contributed by atoms with Gasteiger partial charge in [-0.1, -0.05) is 12.1 Å². The number of benzene rings is 2. The second-order valence-corrected chi connectivity index (χ2v) is 8.25. The van der Waals surface area contributed by atoms with Crippen LogP contribution < -0.4 is 14.8 Å². The largest absolute Gasteiger partial charge is 0.493 e. The Morgan fingerprint density at radius 1 is 1.07 bits per heavy atom. The zero-order valence-corrected chi connectivity index (χ0v) is 16.1. The summed E-state index contributed by atoms with van der Waals surface area (Å²) in [7, 11) is 3.36. The maximum absolute atomic E-state index is 11.5. The van der Waals surface area contributed by atoms with Crippen LogP contribution in [-0.2, 0) is 0 Å². The Balaban J connectivity index is 1.65. The van der Waals surface area contributed by atoms with Crippen molar-refractivity contribution in [2.75, 3.05) is 19.5 Å². The molecule has 0 spiro atoms. The second-order valence-electron chi connectivity index (χ2n) is 8.25. The van der Waals surface area contributed by atoms with Gasteiger partial charge in [-0.25, -0.2) is 4.79 Å². The van der Waals surface area contributed by atoms with Crippen molar-refractivity contribution >= 4 is 11.7 Å². The van der Waals surface area contributed by atoms with Gasteiger partial charge in [0.25, 0.3) is 0 Å². The minimum Gasteiger partial charge on any atom is -0.493 e. The number of carbonyl (C=O) groups is 1. The van der Waals surface area contributed by atoms with Crippen LogP contribution >= 0.6 is 0 Å². The molecule has 146 valence electrons. The third-order valence-corrected chi connectivity index (χ3v) is 7.10. The lowest BCUT2D eigenvalue weighted by atomic mass is 9.67. The number of aromatic carboxylic acids is 1. The predicted octanol–water partition coefficient (Wildman–Crippen LogP) is 4.70. The summed E-state index contributed by atoms with van der Waals surface area (Å²) in [4.78, 5) is 11.5. The van der Waals surface area contributed by atoms with Crippen molar-refractivity contribution in [2.45, 2.75) is 31.2 Å². The standard InChI is InChI=1S/C23H25NO4/c1-27-18-5-3-4-15(22(18)28-2)21-20-13-7-6-12(10-13)19(20)16-11-14(23(25)26)8-9-17(16)24-21/h3-5,8-9,11-13,19-21,24H,6-7,10H2,1-2H3,(H,25,26)/t12-,13+,19+,20+,21-/m0/s1. The Hall–Kier alpha value is -2.69. The Morgan fingerprint density at radius 3 is 2.64 bits per heavy atom. The van der Waals surface area contributed by atoms with E-state index in [0.717, 1.165) is 22.7 Å². The number of rotatable bonds is 4. The second kappa shape index (κ2) is 6.43. The first-order valence-corrected chi connectivity index (χ1v) is 9.97. The first-order valence-electron chi connectivity index (χ1n) is 9.97. The Kier molecular flexibility index (Phi) is 4.00. The van der Waals surface area contributed by atoms with Crippen LogP contribution in [0.2, 0.25) is 0 Å². The zero-order valence-electron chi connectivity index (χ0n) is 16.1.